The molecule has 0 aliphatic carbocycles. The van der Waals surface area contributed by atoms with Gasteiger partial charge in [0.05, 0.1) is 14.2 Å². The van der Waals surface area contributed by atoms with Gasteiger partial charge in [-0.2, -0.15) is 0 Å². The zero-order valence-corrected chi connectivity index (χ0v) is 19.6. The van der Waals surface area contributed by atoms with E-state index in [0.717, 1.165) is 12.0 Å². The minimum absolute atomic E-state index is 0.0384. The number of hydrogen-bond acceptors (Lipinski definition) is 5. The average molecular weight is 443 g/mol. The van der Waals surface area contributed by atoms with Crippen LogP contribution in [-0.4, -0.2) is 56.2 Å². The summed E-state index contributed by atoms with van der Waals surface area (Å²) >= 11 is 0. The Kier molecular flexibility index (Phi) is 9.85. The molecule has 7 nitrogen and oxygen atoms in total. The van der Waals surface area contributed by atoms with E-state index in [4.69, 9.17) is 14.2 Å². The highest BCUT2D eigenvalue weighted by atomic mass is 16.5. The second kappa shape index (κ2) is 12.6. The number of hydrogen-bond donors (Lipinski definition) is 1. The molecule has 0 aromatic heterocycles. The predicted molar refractivity (Wildman–Crippen MR) is 124 cm³/mol. The van der Waals surface area contributed by atoms with Crippen LogP contribution in [-0.2, 0) is 16.0 Å². The van der Waals surface area contributed by atoms with Crippen molar-refractivity contribution < 1.29 is 23.8 Å². The van der Waals surface area contributed by atoms with Gasteiger partial charge in [-0.05, 0) is 32.3 Å². The lowest BCUT2D eigenvalue weighted by Gasteiger charge is -2.29. The van der Waals surface area contributed by atoms with E-state index in [1.807, 2.05) is 44.2 Å². The van der Waals surface area contributed by atoms with Crippen LogP contribution in [0.1, 0.15) is 32.8 Å². The summed E-state index contributed by atoms with van der Waals surface area (Å²) in [5, 5.41) is 2.96. The topological polar surface area (TPSA) is 77.1 Å². The Hall–Kier alpha value is -3.22. The maximum Gasteiger partial charge on any atom is 0.261 e. The zero-order chi connectivity index (χ0) is 23.5. The Balaban J connectivity index is 2.12. The first-order valence-corrected chi connectivity index (χ1v) is 10.9. The van der Waals surface area contributed by atoms with Crippen molar-refractivity contribution in [1.29, 1.82) is 0 Å². The van der Waals surface area contributed by atoms with Crippen molar-refractivity contribution >= 4 is 11.8 Å². The van der Waals surface area contributed by atoms with E-state index in [2.05, 4.69) is 5.32 Å². The van der Waals surface area contributed by atoms with Gasteiger partial charge in [0.2, 0.25) is 5.91 Å². The van der Waals surface area contributed by atoms with Crippen molar-refractivity contribution in [1.82, 2.24) is 10.2 Å². The molecule has 0 saturated heterocycles. The number of nitrogens with zero attached hydrogens (tertiary/aromatic N) is 1. The SMILES string of the molecule is CC[C@@H](C)NC(=O)[C@@H](C)N(CCc1ccccc1)C(=O)COc1cc(OC)cc(OC)c1. The normalized spacial score (nSPS) is 12.4. The molecule has 2 amide bonds. The fraction of sp³-hybridized carbons (Fsp3) is 0.440. The highest BCUT2D eigenvalue weighted by Crippen LogP contribution is 2.27. The van der Waals surface area contributed by atoms with Crippen LogP contribution in [0.5, 0.6) is 17.2 Å². The number of rotatable bonds is 12. The molecular weight excluding hydrogens is 408 g/mol. The predicted octanol–water partition coefficient (Wildman–Crippen LogP) is 3.46. The molecule has 0 spiro atoms. The summed E-state index contributed by atoms with van der Waals surface area (Å²) in [6, 6.07) is 14.4. The molecule has 0 radical (unpaired) electrons. The number of nitrogens with one attached hydrogen (secondary N) is 1. The van der Waals surface area contributed by atoms with Gasteiger partial charge in [-0.1, -0.05) is 37.3 Å². The number of carbonyl (C=O) groups is 2. The van der Waals surface area contributed by atoms with Crippen molar-refractivity contribution in [2.75, 3.05) is 27.4 Å². The zero-order valence-electron chi connectivity index (χ0n) is 19.6. The molecule has 2 aromatic carbocycles. The van der Waals surface area contributed by atoms with Crippen LogP contribution in [0.15, 0.2) is 48.5 Å². The molecule has 2 aromatic rings. The summed E-state index contributed by atoms with van der Waals surface area (Å²) in [6.45, 7) is 5.90. The molecule has 0 saturated carbocycles. The molecule has 1 N–H and O–H groups in total. The van der Waals surface area contributed by atoms with Gasteiger partial charge in [-0.25, -0.2) is 0 Å². The second-order valence-corrected chi connectivity index (χ2v) is 7.65. The van der Waals surface area contributed by atoms with Crippen molar-refractivity contribution in [2.45, 2.75) is 45.7 Å². The molecule has 0 fully saturated rings. The third-order valence-electron chi connectivity index (χ3n) is 5.34. The molecule has 2 atom stereocenters. The van der Waals surface area contributed by atoms with Gasteiger partial charge in [-0.3, -0.25) is 9.59 Å². The summed E-state index contributed by atoms with van der Waals surface area (Å²) in [6.07, 6.45) is 1.46. The molecule has 32 heavy (non-hydrogen) atoms. The van der Waals surface area contributed by atoms with Crippen LogP contribution in [0.25, 0.3) is 0 Å². The van der Waals surface area contributed by atoms with Crippen LogP contribution >= 0.6 is 0 Å². The van der Waals surface area contributed by atoms with E-state index < -0.39 is 6.04 Å². The molecule has 174 valence electrons. The molecular formula is C25H34N2O5. The van der Waals surface area contributed by atoms with Gasteiger partial charge in [0.25, 0.3) is 5.91 Å². The van der Waals surface area contributed by atoms with Crippen molar-refractivity contribution in [3.05, 3.63) is 54.1 Å². The van der Waals surface area contributed by atoms with Gasteiger partial charge in [0.1, 0.15) is 23.3 Å². The van der Waals surface area contributed by atoms with Gasteiger partial charge < -0.3 is 24.4 Å². The Labute approximate surface area is 190 Å². The third-order valence-corrected chi connectivity index (χ3v) is 5.34. The van der Waals surface area contributed by atoms with E-state index in [0.29, 0.717) is 30.2 Å². The maximum absolute atomic E-state index is 13.1. The van der Waals surface area contributed by atoms with E-state index in [-0.39, 0.29) is 24.5 Å². The van der Waals surface area contributed by atoms with Crippen LogP contribution < -0.4 is 19.5 Å². The first kappa shape index (κ1) is 25.0. The van der Waals surface area contributed by atoms with Gasteiger partial charge in [-0.15, -0.1) is 0 Å². The summed E-state index contributed by atoms with van der Waals surface area (Å²) in [7, 11) is 3.10. The fourth-order valence-electron chi connectivity index (χ4n) is 3.13. The van der Waals surface area contributed by atoms with Gasteiger partial charge in [0.15, 0.2) is 6.61 Å². The highest BCUT2D eigenvalue weighted by Gasteiger charge is 2.26. The summed E-state index contributed by atoms with van der Waals surface area (Å²) in [5.41, 5.74) is 1.10. The standard InChI is InChI=1S/C25H34N2O5/c1-6-18(2)26-25(29)19(3)27(13-12-20-10-8-7-9-11-20)24(28)17-32-23-15-21(30-4)14-22(16-23)31-5/h7-11,14-16,18-19H,6,12-13,17H2,1-5H3,(H,26,29)/t18-,19-/m1/s1. The van der Waals surface area contributed by atoms with Gasteiger partial charge >= 0.3 is 0 Å². The van der Waals surface area contributed by atoms with Crippen molar-refractivity contribution in [3.63, 3.8) is 0 Å². The molecule has 0 heterocycles. The Morgan fingerprint density at radius 1 is 0.969 bits per heavy atom. The molecule has 7 heteroatoms. The number of amides is 2. The van der Waals surface area contributed by atoms with E-state index in [1.54, 1.807) is 44.2 Å². The van der Waals surface area contributed by atoms with E-state index in [1.165, 1.54) is 0 Å². The average Bonchev–Trinajstić information content (AvgIpc) is 2.82. The Bertz CT molecular complexity index is 850. The fourth-order valence-corrected chi connectivity index (χ4v) is 3.13. The van der Waals surface area contributed by atoms with Crippen LogP contribution in [0.3, 0.4) is 0 Å². The van der Waals surface area contributed by atoms with Crippen LogP contribution in [0.2, 0.25) is 0 Å². The van der Waals surface area contributed by atoms with Crippen LogP contribution in [0.4, 0.5) is 0 Å². The molecule has 0 aliphatic heterocycles. The molecule has 0 aliphatic rings. The first-order chi connectivity index (χ1) is 15.4. The first-order valence-electron chi connectivity index (χ1n) is 10.9. The van der Waals surface area contributed by atoms with E-state index in [9.17, 15) is 9.59 Å². The lowest BCUT2D eigenvalue weighted by Crippen LogP contribution is -2.51. The minimum Gasteiger partial charge on any atom is -0.496 e. The summed E-state index contributed by atoms with van der Waals surface area (Å²) < 4.78 is 16.2. The van der Waals surface area contributed by atoms with Crippen molar-refractivity contribution in [3.8, 4) is 17.2 Å². The van der Waals surface area contributed by atoms with Crippen LogP contribution in [0, 0.1) is 0 Å². The molecule has 0 bridgehead atoms. The monoisotopic (exact) mass is 442 g/mol. The summed E-state index contributed by atoms with van der Waals surface area (Å²) in [5.74, 6) is 1.13. The lowest BCUT2D eigenvalue weighted by atomic mass is 10.1. The summed E-state index contributed by atoms with van der Waals surface area (Å²) in [4.78, 5) is 27.4. The quantitative estimate of drug-likeness (QED) is 0.545. The minimum atomic E-state index is -0.622. The Morgan fingerprint density at radius 3 is 2.12 bits per heavy atom. The smallest absolute Gasteiger partial charge is 0.261 e. The van der Waals surface area contributed by atoms with Crippen molar-refractivity contribution in [2.24, 2.45) is 0 Å². The number of methoxy groups -OCH3 is 2. The third kappa shape index (κ3) is 7.48. The number of carbonyl (C=O) groups excluding carboxylic acids is 2. The second-order valence-electron chi connectivity index (χ2n) is 7.65. The maximum atomic E-state index is 13.1. The Morgan fingerprint density at radius 2 is 1.56 bits per heavy atom. The van der Waals surface area contributed by atoms with E-state index >= 15 is 0 Å². The van der Waals surface area contributed by atoms with Gasteiger partial charge in [0, 0.05) is 30.8 Å². The number of benzene rings is 2. The molecule has 2 rings (SSSR count). The molecule has 0 unspecified atom stereocenters. The highest BCUT2D eigenvalue weighted by molar-refractivity contribution is 5.88. The number of ether oxygens (including phenoxy) is 3. The largest absolute Gasteiger partial charge is 0.496 e. The lowest BCUT2D eigenvalue weighted by molar-refractivity contribution is -0.141.